The molecule has 0 bridgehead atoms. The molecule has 15 heavy (non-hydrogen) atoms. The molecule has 1 N–H and O–H groups in total. The van der Waals surface area contributed by atoms with Crippen LogP contribution in [0.2, 0.25) is 0 Å². The van der Waals surface area contributed by atoms with Crippen LogP contribution in [-0.2, 0) is 5.60 Å². The second-order valence-corrected chi connectivity index (χ2v) is 4.24. The Kier molecular flexibility index (Phi) is 2.51. The Balaban J connectivity index is 2.21. The zero-order valence-corrected chi connectivity index (χ0v) is 8.63. The largest absolute Gasteiger partial charge is 0.385 e. The maximum atomic E-state index is 13.0. The summed E-state index contributed by atoms with van der Waals surface area (Å²) in [7, 11) is 0. The van der Waals surface area contributed by atoms with Crippen LogP contribution >= 0.6 is 0 Å². The first kappa shape index (κ1) is 10.6. The zero-order valence-electron chi connectivity index (χ0n) is 8.63. The molecule has 0 radical (unpaired) electrons. The molecular weight excluding hydrogens is 198 g/mol. The van der Waals surface area contributed by atoms with E-state index in [0.29, 0.717) is 12.0 Å². The molecule has 2 unspecified atom stereocenters. The summed E-state index contributed by atoms with van der Waals surface area (Å²) in [5, 5.41) is 10.1. The molecule has 1 saturated carbocycles. The lowest BCUT2D eigenvalue weighted by Crippen LogP contribution is -2.09. The van der Waals surface area contributed by atoms with E-state index >= 15 is 0 Å². The third-order valence-electron chi connectivity index (χ3n) is 3.13. The molecule has 1 aromatic carbocycles. The fourth-order valence-corrected chi connectivity index (χ4v) is 2.12. The van der Waals surface area contributed by atoms with Crippen molar-refractivity contribution < 1.29 is 13.9 Å². The van der Waals surface area contributed by atoms with Crippen molar-refractivity contribution >= 4 is 0 Å². The van der Waals surface area contributed by atoms with E-state index in [1.807, 2.05) is 6.92 Å². The summed E-state index contributed by atoms with van der Waals surface area (Å²) in [6.07, 6.45) is 2.58. The van der Waals surface area contributed by atoms with E-state index in [9.17, 15) is 13.9 Å². The van der Waals surface area contributed by atoms with Gasteiger partial charge in [-0.25, -0.2) is 8.78 Å². The average molecular weight is 212 g/mol. The topological polar surface area (TPSA) is 20.2 Å². The number of benzene rings is 1. The fraction of sp³-hybridized carbons (Fsp3) is 0.500. The lowest BCUT2D eigenvalue weighted by Gasteiger charge is -2.10. The summed E-state index contributed by atoms with van der Waals surface area (Å²) in [6.45, 7) is 2.05. The van der Waals surface area contributed by atoms with Gasteiger partial charge in [-0.1, -0.05) is 19.4 Å². The summed E-state index contributed by atoms with van der Waals surface area (Å²) in [5.41, 5.74) is -0.412. The van der Waals surface area contributed by atoms with Crippen molar-refractivity contribution in [2.24, 2.45) is 5.92 Å². The standard InChI is InChI=1S/C12H14F2O/c1-2-3-9-7-12(9,15)8-4-5-10(13)11(14)6-8/h4-6,9,15H,2-3,7H2,1H3. The van der Waals surface area contributed by atoms with Gasteiger partial charge < -0.3 is 5.11 Å². The average Bonchev–Trinajstić information content (AvgIpc) is 2.84. The Hall–Kier alpha value is -0.960. The number of hydrogen-bond donors (Lipinski definition) is 1. The second-order valence-electron chi connectivity index (χ2n) is 4.24. The van der Waals surface area contributed by atoms with Crippen LogP contribution in [0.1, 0.15) is 31.7 Å². The minimum atomic E-state index is -0.912. The third-order valence-corrected chi connectivity index (χ3v) is 3.13. The molecule has 82 valence electrons. The molecule has 1 aromatic rings. The predicted molar refractivity (Wildman–Crippen MR) is 53.3 cm³/mol. The first-order valence-corrected chi connectivity index (χ1v) is 5.26. The molecule has 2 atom stereocenters. The Morgan fingerprint density at radius 2 is 2.13 bits per heavy atom. The van der Waals surface area contributed by atoms with Crippen molar-refractivity contribution in [3.05, 3.63) is 35.4 Å². The summed E-state index contributed by atoms with van der Waals surface area (Å²) < 4.78 is 25.7. The van der Waals surface area contributed by atoms with E-state index < -0.39 is 17.2 Å². The van der Waals surface area contributed by atoms with Crippen LogP contribution in [0.15, 0.2) is 18.2 Å². The van der Waals surface area contributed by atoms with Gasteiger partial charge in [0.1, 0.15) is 0 Å². The summed E-state index contributed by atoms with van der Waals surface area (Å²) >= 11 is 0. The highest BCUT2D eigenvalue weighted by Crippen LogP contribution is 2.54. The van der Waals surface area contributed by atoms with Gasteiger partial charge in [-0.15, -0.1) is 0 Å². The molecule has 0 saturated heterocycles. The molecule has 0 heterocycles. The molecule has 0 aromatic heterocycles. The van der Waals surface area contributed by atoms with Crippen molar-refractivity contribution in [2.45, 2.75) is 31.8 Å². The van der Waals surface area contributed by atoms with Crippen LogP contribution in [0, 0.1) is 17.6 Å². The van der Waals surface area contributed by atoms with Gasteiger partial charge >= 0.3 is 0 Å². The molecule has 2 rings (SSSR count). The van der Waals surface area contributed by atoms with Gasteiger partial charge in [0.05, 0.1) is 5.60 Å². The highest BCUT2D eigenvalue weighted by atomic mass is 19.2. The van der Waals surface area contributed by atoms with Gasteiger partial charge in [0.2, 0.25) is 0 Å². The van der Waals surface area contributed by atoms with E-state index in [4.69, 9.17) is 0 Å². The van der Waals surface area contributed by atoms with E-state index in [2.05, 4.69) is 0 Å². The van der Waals surface area contributed by atoms with Crippen molar-refractivity contribution in [2.75, 3.05) is 0 Å². The Labute approximate surface area is 87.7 Å². The van der Waals surface area contributed by atoms with Gasteiger partial charge in [0, 0.05) is 0 Å². The van der Waals surface area contributed by atoms with Crippen molar-refractivity contribution in [1.29, 1.82) is 0 Å². The van der Waals surface area contributed by atoms with E-state index in [0.717, 1.165) is 25.0 Å². The highest BCUT2D eigenvalue weighted by Gasteiger charge is 2.53. The lowest BCUT2D eigenvalue weighted by molar-refractivity contribution is 0.128. The molecule has 1 fully saturated rings. The molecule has 0 aliphatic heterocycles. The second kappa shape index (κ2) is 3.56. The van der Waals surface area contributed by atoms with Crippen molar-refractivity contribution in [3.63, 3.8) is 0 Å². The quantitative estimate of drug-likeness (QED) is 0.816. The smallest absolute Gasteiger partial charge is 0.159 e. The van der Waals surface area contributed by atoms with Gasteiger partial charge in [-0.2, -0.15) is 0 Å². The van der Waals surface area contributed by atoms with E-state index in [-0.39, 0.29) is 5.92 Å². The minimum absolute atomic E-state index is 0.201. The molecular formula is C12H14F2O. The first-order valence-electron chi connectivity index (χ1n) is 5.26. The number of halogens is 2. The van der Waals surface area contributed by atoms with Crippen molar-refractivity contribution in [3.8, 4) is 0 Å². The highest BCUT2D eigenvalue weighted by molar-refractivity contribution is 5.30. The summed E-state index contributed by atoms with van der Waals surface area (Å²) in [5.74, 6) is -1.55. The molecule has 1 aliphatic carbocycles. The molecule has 1 nitrogen and oxygen atoms in total. The maximum Gasteiger partial charge on any atom is 0.159 e. The molecule has 0 spiro atoms. The van der Waals surface area contributed by atoms with Crippen molar-refractivity contribution in [1.82, 2.24) is 0 Å². The van der Waals surface area contributed by atoms with Crippen LogP contribution in [0.3, 0.4) is 0 Å². The van der Waals surface area contributed by atoms with Gasteiger partial charge in [-0.05, 0) is 36.5 Å². The summed E-state index contributed by atoms with van der Waals surface area (Å²) in [4.78, 5) is 0. The number of hydrogen-bond acceptors (Lipinski definition) is 1. The first-order chi connectivity index (χ1) is 7.08. The molecule has 0 amide bonds. The number of rotatable bonds is 3. The molecule has 1 aliphatic rings. The lowest BCUT2D eigenvalue weighted by atomic mass is 10.0. The van der Waals surface area contributed by atoms with E-state index in [1.54, 1.807) is 0 Å². The fourth-order valence-electron chi connectivity index (χ4n) is 2.12. The minimum Gasteiger partial charge on any atom is -0.385 e. The van der Waals surface area contributed by atoms with Gasteiger partial charge in [-0.3, -0.25) is 0 Å². The SMILES string of the molecule is CCCC1CC1(O)c1ccc(F)c(F)c1. The summed E-state index contributed by atoms with van der Waals surface area (Å²) in [6, 6.07) is 3.64. The van der Waals surface area contributed by atoms with Gasteiger partial charge in [0.15, 0.2) is 11.6 Å². The Morgan fingerprint density at radius 1 is 1.40 bits per heavy atom. The predicted octanol–water partition coefficient (Wildman–Crippen LogP) is 2.97. The van der Waals surface area contributed by atoms with Gasteiger partial charge in [0.25, 0.3) is 0 Å². The third kappa shape index (κ3) is 1.76. The number of aliphatic hydroxyl groups is 1. The maximum absolute atomic E-state index is 13.0. The van der Waals surface area contributed by atoms with Crippen LogP contribution in [0.25, 0.3) is 0 Å². The Bertz CT molecular complexity index is 378. The Morgan fingerprint density at radius 3 is 2.73 bits per heavy atom. The monoisotopic (exact) mass is 212 g/mol. The van der Waals surface area contributed by atoms with Crippen LogP contribution < -0.4 is 0 Å². The van der Waals surface area contributed by atoms with Crippen LogP contribution in [-0.4, -0.2) is 5.11 Å². The normalized spacial score (nSPS) is 29.2. The molecule has 3 heteroatoms. The van der Waals surface area contributed by atoms with Crippen LogP contribution in [0.5, 0.6) is 0 Å². The zero-order chi connectivity index (χ0) is 11.1. The van der Waals surface area contributed by atoms with Crippen LogP contribution in [0.4, 0.5) is 8.78 Å². The van der Waals surface area contributed by atoms with E-state index in [1.165, 1.54) is 6.07 Å².